The van der Waals surface area contributed by atoms with Crippen molar-refractivity contribution in [3.05, 3.63) is 102 Å². The molecule has 0 unspecified atom stereocenters. The Kier molecular flexibility index (Phi) is 7.42. The van der Waals surface area contributed by atoms with Crippen molar-refractivity contribution in [3.8, 4) is 0 Å². The molecule has 1 fully saturated rings. The topological polar surface area (TPSA) is 73.5 Å². The number of para-hydroxylation sites is 1. The highest BCUT2D eigenvalue weighted by Crippen LogP contribution is 2.35. The van der Waals surface area contributed by atoms with Crippen LogP contribution in [-0.4, -0.2) is 40.9 Å². The number of nitrogens with zero attached hydrogens (tertiary/aromatic N) is 1. The lowest BCUT2D eigenvalue weighted by Gasteiger charge is -2.44. The highest BCUT2D eigenvalue weighted by Gasteiger charge is 2.34. The molecule has 3 aromatic carbocycles. The number of anilines is 1. The van der Waals surface area contributed by atoms with E-state index in [4.69, 9.17) is 0 Å². The largest absolute Gasteiger partial charge is 0.337 e. The lowest BCUT2D eigenvalue weighted by atomic mass is 9.94. The summed E-state index contributed by atoms with van der Waals surface area (Å²) >= 11 is 1.61. The molecule has 3 amide bonds. The molecule has 0 bridgehead atoms. The summed E-state index contributed by atoms with van der Waals surface area (Å²) in [6.45, 7) is 1.82. The average Bonchev–Trinajstić information content (AvgIpc) is 2.81. The fourth-order valence-electron chi connectivity index (χ4n) is 3.71. The fourth-order valence-corrected chi connectivity index (χ4v) is 4.76. The van der Waals surface area contributed by atoms with Crippen LogP contribution in [0, 0.1) is 0 Å². The standard InChI is InChI=1S/C25H26N4O2S/c30-23(27-28-25(31)26-21-14-8-3-9-15-21)18-32-22-16-29(17-22)24(19-10-4-1-5-11-19)20-12-6-2-7-13-20/h1-15,22,24H,16-18H2,(H,27,30)(H2,26,28,31). The monoisotopic (exact) mass is 446 g/mol. The third-order valence-electron chi connectivity index (χ3n) is 5.27. The number of hydrazine groups is 1. The molecular weight excluding hydrogens is 420 g/mol. The van der Waals surface area contributed by atoms with Gasteiger partial charge in [0.25, 0.3) is 0 Å². The van der Waals surface area contributed by atoms with Gasteiger partial charge in [-0.15, -0.1) is 11.8 Å². The predicted molar refractivity (Wildman–Crippen MR) is 129 cm³/mol. The molecule has 3 N–H and O–H groups in total. The highest BCUT2D eigenvalue weighted by atomic mass is 32.2. The number of nitrogens with one attached hydrogen (secondary N) is 3. The van der Waals surface area contributed by atoms with E-state index in [1.165, 1.54) is 11.1 Å². The zero-order chi connectivity index (χ0) is 22.2. The van der Waals surface area contributed by atoms with E-state index in [2.05, 4.69) is 69.6 Å². The highest BCUT2D eigenvalue weighted by molar-refractivity contribution is 8.00. The van der Waals surface area contributed by atoms with Crippen LogP contribution < -0.4 is 16.2 Å². The van der Waals surface area contributed by atoms with Crippen molar-refractivity contribution >= 4 is 29.4 Å². The Morgan fingerprint density at radius 2 is 1.34 bits per heavy atom. The van der Waals surface area contributed by atoms with Crippen molar-refractivity contribution in [3.63, 3.8) is 0 Å². The van der Waals surface area contributed by atoms with Crippen LogP contribution in [0.3, 0.4) is 0 Å². The maximum atomic E-state index is 12.1. The Morgan fingerprint density at radius 3 is 1.91 bits per heavy atom. The van der Waals surface area contributed by atoms with Crippen LogP contribution in [0.4, 0.5) is 10.5 Å². The minimum atomic E-state index is -0.474. The van der Waals surface area contributed by atoms with Gasteiger partial charge in [-0.1, -0.05) is 78.9 Å². The summed E-state index contributed by atoms with van der Waals surface area (Å²) in [4.78, 5) is 26.4. The SMILES string of the molecule is O=C(CSC1CN(C(c2ccccc2)c2ccccc2)C1)NNC(=O)Nc1ccccc1. The van der Waals surface area contributed by atoms with Gasteiger partial charge in [-0.25, -0.2) is 10.2 Å². The first kappa shape index (κ1) is 21.9. The van der Waals surface area contributed by atoms with Crippen LogP contribution in [-0.2, 0) is 4.79 Å². The number of hydrogen-bond donors (Lipinski definition) is 3. The molecule has 4 rings (SSSR count). The van der Waals surface area contributed by atoms with Gasteiger partial charge >= 0.3 is 6.03 Å². The first-order valence-electron chi connectivity index (χ1n) is 10.6. The fraction of sp³-hybridized carbons (Fsp3) is 0.200. The second-order valence-corrected chi connectivity index (χ2v) is 8.89. The van der Waals surface area contributed by atoms with Crippen molar-refractivity contribution in [2.75, 3.05) is 24.2 Å². The molecular formula is C25H26N4O2S. The minimum absolute atomic E-state index is 0.214. The molecule has 1 saturated heterocycles. The second-order valence-electron chi connectivity index (χ2n) is 7.60. The minimum Gasteiger partial charge on any atom is -0.307 e. The summed E-state index contributed by atoms with van der Waals surface area (Å²) in [6, 6.07) is 29.8. The van der Waals surface area contributed by atoms with Crippen LogP contribution in [0.25, 0.3) is 0 Å². The van der Waals surface area contributed by atoms with Gasteiger partial charge in [-0.2, -0.15) is 0 Å². The number of likely N-dealkylation sites (tertiary alicyclic amines) is 1. The average molecular weight is 447 g/mol. The van der Waals surface area contributed by atoms with E-state index < -0.39 is 6.03 Å². The van der Waals surface area contributed by atoms with E-state index >= 15 is 0 Å². The van der Waals surface area contributed by atoms with Crippen LogP contribution in [0.15, 0.2) is 91.0 Å². The predicted octanol–water partition coefficient (Wildman–Crippen LogP) is 4.05. The van der Waals surface area contributed by atoms with E-state index in [1.807, 2.05) is 30.3 Å². The van der Waals surface area contributed by atoms with E-state index in [0.29, 0.717) is 16.7 Å². The van der Waals surface area contributed by atoms with E-state index in [0.717, 1.165) is 13.1 Å². The molecule has 0 atom stereocenters. The maximum absolute atomic E-state index is 12.1. The van der Waals surface area contributed by atoms with Gasteiger partial charge in [-0.05, 0) is 23.3 Å². The smallest absolute Gasteiger partial charge is 0.307 e. The molecule has 0 radical (unpaired) electrons. The number of hydrogen-bond acceptors (Lipinski definition) is 4. The van der Waals surface area contributed by atoms with Gasteiger partial charge in [-0.3, -0.25) is 15.1 Å². The normalized spacial score (nSPS) is 13.9. The Balaban J connectivity index is 1.22. The van der Waals surface area contributed by atoms with Crippen molar-refractivity contribution < 1.29 is 9.59 Å². The van der Waals surface area contributed by atoms with E-state index in [-0.39, 0.29) is 11.9 Å². The lowest BCUT2D eigenvalue weighted by molar-refractivity contribution is -0.119. The summed E-state index contributed by atoms with van der Waals surface area (Å²) in [6.07, 6.45) is 0. The third kappa shape index (κ3) is 5.90. The molecule has 0 spiro atoms. The molecule has 1 heterocycles. The molecule has 3 aromatic rings. The van der Waals surface area contributed by atoms with Gasteiger partial charge in [0, 0.05) is 24.0 Å². The molecule has 0 aliphatic carbocycles. The zero-order valence-electron chi connectivity index (χ0n) is 17.6. The molecule has 0 aromatic heterocycles. The summed E-state index contributed by atoms with van der Waals surface area (Å²) in [5.74, 6) is 0.0742. The number of carbonyl (C=O) groups is 2. The number of amides is 3. The van der Waals surface area contributed by atoms with Crippen LogP contribution in [0.1, 0.15) is 17.2 Å². The van der Waals surface area contributed by atoms with Gasteiger partial charge in [0.05, 0.1) is 11.8 Å². The lowest BCUT2D eigenvalue weighted by Crippen LogP contribution is -2.51. The molecule has 1 aliphatic rings. The van der Waals surface area contributed by atoms with Gasteiger partial charge in [0.1, 0.15) is 0 Å². The number of urea groups is 1. The summed E-state index contributed by atoms with van der Waals surface area (Å²) in [5.41, 5.74) is 8.05. The van der Waals surface area contributed by atoms with Crippen molar-refractivity contribution in [1.82, 2.24) is 15.8 Å². The summed E-state index contributed by atoms with van der Waals surface area (Å²) in [7, 11) is 0. The van der Waals surface area contributed by atoms with Crippen molar-refractivity contribution in [2.24, 2.45) is 0 Å². The van der Waals surface area contributed by atoms with Crippen molar-refractivity contribution in [1.29, 1.82) is 0 Å². The molecule has 6 nitrogen and oxygen atoms in total. The summed E-state index contributed by atoms with van der Waals surface area (Å²) < 4.78 is 0. The van der Waals surface area contributed by atoms with Gasteiger partial charge in [0.2, 0.25) is 5.91 Å². The Morgan fingerprint density at radius 1 is 0.812 bits per heavy atom. The molecule has 7 heteroatoms. The molecule has 0 saturated carbocycles. The van der Waals surface area contributed by atoms with E-state index in [9.17, 15) is 9.59 Å². The number of rotatable bonds is 7. The van der Waals surface area contributed by atoms with Gasteiger partial charge in [0.15, 0.2) is 0 Å². The Labute approximate surface area is 192 Å². The molecule has 164 valence electrons. The van der Waals surface area contributed by atoms with Crippen LogP contribution >= 0.6 is 11.8 Å². The number of carbonyl (C=O) groups excluding carboxylic acids is 2. The quantitative estimate of drug-likeness (QED) is 0.479. The van der Waals surface area contributed by atoms with Crippen LogP contribution in [0.2, 0.25) is 0 Å². The zero-order valence-corrected chi connectivity index (χ0v) is 18.4. The third-order valence-corrected chi connectivity index (χ3v) is 6.47. The Bertz CT molecular complexity index is 972. The first-order chi connectivity index (χ1) is 15.7. The molecule has 1 aliphatic heterocycles. The molecule has 32 heavy (non-hydrogen) atoms. The number of benzene rings is 3. The van der Waals surface area contributed by atoms with E-state index in [1.54, 1.807) is 23.9 Å². The Hall–Kier alpha value is -3.29. The maximum Gasteiger partial charge on any atom is 0.337 e. The van der Waals surface area contributed by atoms with Crippen molar-refractivity contribution in [2.45, 2.75) is 11.3 Å². The first-order valence-corrected chi connectivity index (χ1v) is 11.6. The number of thioether (sulfide) groups is 1. The van der Waals surface area contributed by atoms with Gasteiger partial charge < -0.3 is 5.32 Å². The second kappa shape index (κ2) is 10.8. The van der Waals surface area contributed by atoms with Crippen LogP contribution in [0.5, 0.6) is 0 Å². The summed E-state index contributed by atoms with van der Waals surface area (Å²) in [5, 5.41) is 3.04.